The number of carbonyl (C=O) groups is 1. The van der Waals surface area contributed by atoms with Gasteiger partial charge in [0.05, 0.1) is 18.2 Å². The van der Waals surface area contributed by atoms with Gasteiger partial charge in [-0.25, -0.2) is 0 Å². The fraction of sp³-hybridized carbons (Fsp3) is 0.478. The van der Waals surface area contributed by atoms with Gasteiger partial charge in [-0.1, -0.05) is 23.7 Å². The number of ether oxygens (including phenoxy) is 1. The summed E-state index contributed by atoms with van der Waals surface area (Å²) in [5.74, 6) is 1.55. The highest BCUT2D eigenvalue weighted by molar-refractivity contribution is 6.30. The van der Waals surface area contributed by atoms with Crippen LogP contribution in [0.1, 0.15) is 29.8 Å². The molecule has 0 unspecified atom stereocenters. The van der Waals surface area contributed by atoms with Gasteiger partial charge in [-0.15, -0.1) is 0 Å². The number of aliphatic hydroxyl groups excluding tert-OH is 1. The molecule has 1 amide bonds. The second-order valence-corrected chi connectivity index (χ2v) is 8.79. The predicted molar refractivity (Wildman–Crippen MR) is 112 cm³/mol. The van der Waals surface area contributed by atoms with E-state index in [1.807, 2.05) is 55.1 Å². The summed E-state index contributed by atoms with van der Waals surface area (Å²) in [5, 5.41) is 11.3. The average molecular weight is 415 g/mol. The number of fused-ring (bicyclic) bond motifs is 1. The lowest BCUT2D eigenvalue weighted by Crippen LogP contribution is -2.42. The van der Waals surface area contributed by atoms with Gasteiger partial charge in [0.2, 0.25) is 5.91 Å². The van der Waals surface area contributed by atoms with E-state index in [4.69, 9.17) is 16.3 Å². The fourth-order valence-corrected chi connectivity index (χ4v) is 4.70. The monoisotopic (exact) mass is 414 g/mol. The van der Waals surface area contributed by atoms with Crippen molar-refractivity contribution in [3.8, 4) is 5.75 Å². The number of hydrogen-bond acceptors (Lipinski definition) is 4. The van der Waals surface area contributed by atoms with E-state index in [1.165, 1.54) is 0 Å². The molecule has 1 aliphatic heterocycles. The minimum Gasteiger partial charge on any atom is -0.486 e. The highest BCUT2D eigenvalue weighted by Crippen LogP contribution is 2.38. The van der Waals surface area contributed by atoms with Crippen LogP contribution in [0.2, 0.25) is 5.02 Å². The molecule has 154 valence electrons. The zero-order valence-electron chi connectivity index (χ0n) is 16.8. The molecule has 0 spiro atoms. The van der Waals surface area contributed by atoms with E-state index < -0.39 is 6.10 Å². The second-order valence-electron chi connectivity index (χ2n) is 8.35. The van der Waals surface area contributed by atoms with Crippen LogP contribution < -0.4 is 4.74 Å². The van der Waals surface area contributed by atoms with Crippen LogP contribution in [0.25, 0.3) is 0 Å². The number of halogens is 1. The van der Waals surface area contributed by atoms with Gasteiger partial charge in [-0.05, 0) is 68.4 Å². The normalized spacial score (nSPS) is 26.3. The highest BCUT2D eigenvalue weighted by Gasteiger charge is 2.43. The van der Waals surface area contributed by atoms with Crippen molar-refractivity contribution in [2.75, 3.05) is 13.1 Å². The SMILES string of the molecule is Cc1ccc(O[C@@H]2C[C@@H]3CN(C(=O)Cc4ccc(Cl)cc4)C[C@@H]3C[C@H]2O)c(C)n1. The lowest BCUT2D eigenvalue weighted by atomic mass is 9.78. The molecule has 29 heavy (non-hydrogen) atoms. The van der Waals surface area contributed by atoms with Crippen molar-refractivity contribution in [1.82, 2.24) is 9.88 Å². The van der Waals surface area contributed by atoms with Crippen LogP contribution in [-0.4, -0.2) is 46.2 Å². The van der Waals surface area contributed by atoms with E-state index in [-0.39, 0.29) is 12.0 Å². The van der Waals surface area contributed by atoms with Crippen LogP contribution in [0.4, 0.5) is 0 Å². The fourth-order valence-electron chi connectivity index (χ4n) is 4.57. The minimum atomic E-state index is -0.525. The molecule has 0 radical (unpaired) electrons. The van der Waals surface area contributed by atoms with Crippen LogP contribution >= 0.6 is 11.6 Å². The Morgan fingerprint density at radius 1 is 1.14 bits per heavy atom. The van der Waals surface area contributed by atoms with Gasteiger partial charge in [-0.2, -0.15) is 0 Å². The number of rotatable bonds is 4. The summed E-state index contributed by atoms with van der Waals surface area (Å²) in [6.07, 6.45) is 1.02. The Balaban J connectivity index is 1.38. The maximum atomic E-state index is 12.8. The van der Waals surface area contributed by atoms with E-state index in [0.717, 1.165) is 35.7 Å². The molecule has 5 nitrogen and oxygen atoms in total. The van der Waals surface area contributed by atoms with Gasteiger partial charge >= 0.3 is 0 Å². The van der Waals surface area contributed by atoms with Gasteiger partial charge in [0.15, 0.2) is 0 Å². The smallest absolute Gasteiger partial charge is 0.227 e. The lowest BCUT2D eigenvalue weighted by Gasteiger charge is -2.35. The molecular formula is C23H27ClN2O3. The molecule has 2 aliphatic rings. The number of hydrogen-bond donors (Lipinski definition) is 1. The molecule has 0 bridgehead atoms. The third kappa shape index (κ3) is 4.57. The summed E-state index contributed by atoms with van der Waals surface area (Å²) in [7, 11) is 0. The lowest BCUT2D eigenvalue weighted by molar-refractivity contribution is -0.129. The molecule has 2 heterocycles. The number of amides is 1. The van der Waals surface area contributed by atoms with Crippen molar-refractivity contribution in [2.45, 2.75) is 45.3 Å². The van der Waals surface area contributed by atoms with Gasteiger partial charge in [0.1, 0.15) is 11.9 Å². The molecule has 4 rings (SSSR count). The highest BCUT2D eigenvalue weighted by atomic mass is 35.5. The first kappa shape index (κ1) is 20.2. The number of carbonyl (C=O) groups excluding carboxylic acids is 1. The van der Waals surface area contributed by atoms with E-state index in [0.29, 0.717) is 36.2 Å². The number of aryl methyl sites for hydroxylation is 2. The Labute approximate surface area is 176 Å². The number of likely N-dealkylation sites (tertiary alicyclic amines) is 1. The molecular weight excluding hydrogens is 388 g/mol. The minimum absolute atomic E-state index is 0.132. The summed E-state index contributed by atoms with van der Waals surface area (Å²) in [6, 6.07) is 11.3. The third-order valence-electron chi connectivity index (χ3n) is 6.16. The Kier molecular flexibility index (Phi) is 5.79. The summed E-state index contributed by atoms with van der Waals surface area (Å²) in [5.41, 5.74) is 2.76. The predicted octanol–water partition coefficient (Wildman–Crippen LogP) is 3.57. The van der Waals surface area contributed by atoms with Crippen LogP contribution in [0.3, 0.4) is 0 Å². The Hall–Kier alpha value is -2.11. The van der Waals surface area contributed by atoms with E-state index in [2.05, 4.69) is 4.98 Å². The van der Waals surface area contributed by atoms with Gasteiger partial charge in [0, 0.05) is 23.8 Å². The van der Waals surface area contributed by atoms with Crippen LogP contribution in [0, 0.1) is 25.7 Å². The van der Waals surface area contributed by atoms with Crippen LogP contribution in [0.15, 0.2) is 36.4 Å². The molecule has 2 aromatic rings. The first-order chi connectivity index (χ1) is 13.9. The zero-order valence-corrected chi connectivity index (χ0v) is 17.6. The van der Waals surface area contributed by atoms with Crippen LogP contribution in [-0.2, 0) is 11.2 Å². The third-order valence-corrected chi connectivity index (χ3v) is 6.41. The van der Waals surface area contributed by atoms with E-state index >= 15 is 0 Å². The molecule has 1 aromatic carbocycles. The molecule has 1 aromatic heterocycles. The summed E-state index contributed by atoms with van der Waals surface area (Å²) >= 11 is 5.93. The van der Waals surface area contributed by atoms with Crippen molar-refractivity contribution in [1.29, 1.82) is 0 Å². The molecule has 1 saturated heterocycles. The summed E-state index contributed by atoms with van der Waals surface area (Å²) in [6.45, 7) is 5.32. The standard InChI is InChI=1S/C23H27ClN2O3/c1-14-3-8-21(15(2)25-14)29-22-11-18-13-26(12-17(18)10-20(22)27)23(28)9-16-4-6-19(24)7-5-16/h3-8,17-18,20,22,27H,9-13H2,1-2H3/t17-,18+,20+,22+/m0/s1. The zero-order chi connectivity index (χ0) is 20.5. The molecule has 2 fully saturated rings. The van der Waals surface area contributed by atoms with Crippen molar-refractivity contribution in [3.05, 3.63) is 58.4 Å². The van der Waals surface area contributed by atoms with Gasteiger partial charge in [0.25, 0.3) is 0 Å². The van der Waals surface area contributed by atoms with Gasteiger partial charge < -0.3 is 14.7 Å². The Bertz CT molecular complexity index is 886. The maximum absolute atomic E-state index is 12.8. The molecule has 1 N–H and O–H groups in total. The van der Waals surface area contributed by atoms with E-state index in [1.54, 1.807) is 0 Å². The largest absolute Gasteiger partial charge is 0.486 e. The van der Waals surface area contributed by atoms with Crippen molar-refractivity contribution < 1.29 is 14.6 Å². The molecule has 6 heteroatoms. The first-order valence-electron chi connectivity index (χ1n) is 10.2. The number of nitrogens with zero attached hydrogens (tertiary/aromatic N) is 2. The summed E-state index contributed by atoms with van der Waals surface area (Å²) < 4.78 is 6.14. The number of pyridine rings is 1. The summed E-state index contributed by atoms with van der Waals surface area (Å²) in [4.78, 5) is 19.2. The quantitative estimate of drug-likeness (QED) is 0.830. The van der Waals surface area contributed by atoms with Crippen LogP contribution in [0.5, 0.6) is 5.75 Å². The van der Waals surface area contributed by atoms with Crippen molar-refractivity contribution in [3.63, 3.8) is 0 Å². The Morgan fingerprint density at radius 3 is 2.52 bits per heavy atom. The van der Waals surface area contributed by atoms with E-state index in [9.17, 15) is 9.90 Å². The average Bonchev–Trinajstić information content (AvgIpc) is 3.09. The second kappa shape index (κ2) is 8.33. The molecule has 4 atom stereocenters. The number of aromatic nitrogens is 1. The Morgan fingerprint density at radius 2 is 1.83 bits per heavy atom. The molecule has 1 saturated carbocycles. The number of aliphatic hydroxyl groups is 1. The number of benzene rings is 1. The van der Waals surface area contributed by atoms with Gasteiger partial charge in [-0.3, -0.25) is 9.78 Å². The maximum Gasteiger partial charge on any atom is 0.227 e. The van der Waals surface area contributed by atoms with Crippen molar-refractivity contribution in [2.24, 2.45) is 11.8 Å². The van der Waals surface area contributed by atoms with Crippen molar-refractivity contribution >= 4 is 17.5 Å². The molecule has 1 aliphatic carbocycles. The first-order valence-corrected chi connectivity index (χ1v) is 10.6. The topological polar surface area (TPSA) is 62.7 Å².